The van der Waals surface area contributed by atoms with Crippen molar-refractivity contribution in [2.45, 2.75) is 6.42 Å². The number of hydrogen-bond acceptors (Lipinski definition) is 8. The van der Waals surface area contributed by atoms with Gasteiger partial charge >= 0.3 is 5.97 Å². The monoisotopic (exact) mass is 529 g/mol. The normalized spacial score (nSPS) is 11.0. The number of ether oxygens (including phenoxy) is 3. The molecule has 0 saturated heterocycles. The van der Waals surface area contributed by atoms with Gasteiger partial charge < -0.3 is 49.6 Å². The molecule has 12 nitrogen and oxygen atoms in total. The molecule has 2 heterocycles. The first-order valence-corrected chi connectivity index (χ1v) is 11.2. The lowest BCUT2D eigenvalue weighted by atomic mass is 9.99. The molecule has 4 N–H and O–H groups in total. The van der Waals surface area contributed by atoms with E-state index in [9.17, 15) is 29.7 Å². The molecule has 1 amide bonds. The average Bonchev–Trinajstić information content (AvgIpc) is 3.47. The van der Waals surface area contributed by atoms with Crippen molar-refractivity contribution in [1.29, 1.82) is 0 Å². The number of aromatic amines is 2. The smallest absolute Gasteiger partial charge is 0.353 e. The Kier molecular flexibility index (Phi) is 6.77. The number of aryl methyl sites for hydroxylation is 1. The molecule has 0 atom stereocenters. The highest BCUT2D eigenvalue weighted by Gasteiger charge is 2.24. The summed E-state index contributed by atoms with van der Waals surface area (Å²) in [6, 6.07) is 4.24. The Bertz CT molecular complexity index is 1570. The number of hydrogen-bond donors (Lipinski definition) is 4. The molecule has 0 fully saturated rings. The van der Waals surface area contributed by atoms with Gasteiger partial charge in [-0.15, -0.1) is 11.6 Å². The van der Waals surface area contributed by atoms with Gasteiger partial charge in [0.05, 0.1) is 32.8 Å². The summed E-state index contributed by atoms with van der Waals surface area (Å²) in [6.07, 6.45) is 0.0140. The summed E-state index contributed by atoms with van der Waals surface area (Å²) in [4.78, 5) is 41.9. The number of carboxylic acids is 2. The first kappa shape index (κ1) is 25.5. The van der Waals surface area contributed by atoms with Gasteiger partial charge in [0.1, 0.15) is 11.4 Å². The van der Waals surface area contributed by atoms with Crippen LogP contribution < -0.4 is 29.7 Å². The second kappa shape index (κ2) is 9.82. The Hall–Kier alpha value is -4.58. The Labute approximate surface area is 213 Å². The molecule has 0 spiro atoms. The standard InChI is InChI=1S/C24H22ClN3O9/c1-35-14-7-9-6-12(26-17(9)21(37-3)20(14)36-2)22(30)27-11-8-13(29)18-15(10(11)4-5-25)16(23(31)32)19(28-18)24(33)34/h6-8,26,28-29H,4-5H2,1-3H3,(H,27,30)(H,31,32)(H,33,34)/p-2. The zero-order chi connectivity index (χ0) is 27.0. The summed E-state index contributed by atoms with van der Waals surface area (Å²) in [5.74, 6) is -3.81. The minimum absolute atomic E-state index is 0.0140. The van der Waals surface area contributed by atoms with Crippen LogP contribution in [0.3, 0.4) is 0 Å². The predicted octanol–water partition coefficient (Wildman–Crippen LogP) is 1.84. The molecule has 2 aromatic heterocycles. The molecule has 0 radical (unpaired) electrons. The van der Waals surface area contributed by atoms with E-state index in [1.807, 2.05) is 0 Å². The number of carboxylic acid groups (broad SMARTS) is 2. The van der Waals surface area contributed by atoms with E-state index >= 15 is 0 Å². The van der Waals surface area contributed by atoms with E-state index in [4.69, 9.17) is 25.8 Å². The molecule has 2 aromatic carbocycles. The van der Waals surface area contributed by atoms with Gasteiger partial charge in [-0.2, -0.15) is 0 Å². The van der Waals surface area contributed by atoms with Crippen LogP contribution in [0.1, 0.15) is 36.9 Å². The highest BCUT2D eigenvalue weighted by molar-refractivity contribution is 6.19. The number of aromatic nitrogens is 2. The second-order valence-electron chi connectivity index (χ2n) is 7.80. The fourth-order valence-corrected chi connectivity index (χ4v) is 4.49. The van der Waals surface area contributed by atoms with Gasteiger partial charge in [0, 0.05) is 33.4 Å². The van der Waals surface area contributed by atoms with Crippen LogP contribution in [0, 0.1) is 0 Å². The van der Waals surface area contributed by atoms with Crippen molar-refractivity contribution < 1.29 is 43.9 Å². The molecular formula is C24H20ClN3O9-2. The van der Waals surface area contributed by atoms with Crippen LogP contribution in [0.4, 0.5) is 5.69 Å². The van der Waals surface area contributed by atoms with E-state index in [0.29, 0.717) is 28.2 Å². The maximum absolute atomic E-state index is 13.2. The molecule has 0 unspecified atom stereocenters. The van der Waals surface area contributed by atoms with E-state index in [-0.39, 0.29) is 40.1 Å². The second-order valence-corrected chi connectivity index (χ2v) is 8.18. The number of benzene rings is 2. The van der Waals surface area contributed by atoms with E-state index in [2.05, 4.69) is 15.3 Å². The van der Waals surface area contributed by atoms with Gasteiger partial charge in [-0.25, -0.2) is 4.79 Å². The maximum Gasteiger partial charge on any atom is 0.353 e. The summed E-state index contributed by atoms with van der Waals surface area (Å²) in [7, 11) is 4.32. The van der Waals surface area contributed by atoms with Gasteiger partial charge in [0.25, 0.3) is 5.91 Å². The highest BCUT2D eigenvalue weighted by atomic mass is 35.5. The number of alkyl halides is 1. The minimum Gasteiger partial charge on any atom is -0.871 e. The fraction of sp³-hybridized carbons (Fsp3) is 0.208. The van der Waals surface area contributed by atoms with Crippen molar-refractivity contribution in [1.82, 2.24) is 9.97 Å². The third-order valence-corrected chi connectivity index (χ3v) is 6.01. The molecule has 4 rings (SSSR count). The molecule has 0 aliphatic carbocycles. The summed E-state index contributed by atoms with van der Waals surface area (Å²) >= 11 is 5.92. The lowest BCUT2D eigenvalue weighted by Crippen LogP contribution is -2.25. The number of fused-ring (bicyclic) bond motifs is 2. The Balaban J connectivity index is 1.86. The molecule has 13 heteroatoms. The molecule has 0 aliphatic heterocycles. The molecule has 0 bridgehead atoms. The number of carbonyl (C=O) groups excluding carboxylic acids is 2. The third-order valence-electron chi connectivity index (χ3n) is 5.82. The largest absolute Gasteiger partial charge is 0.871 e. The highest BCUT2D eigenvalue weighted by Crippen LogP contribution is 2.43. The van der Waals surface area contributed by atoms with Gasteiger partial charge in [-0.1, -0.05) is 5.75 Å². The minimum atomic E-state index is -1.80. The van der Waals surface area contributed by atoms with Gasteiger partial charge in [0.2, 0.25) is 5.75 Å². The number of aromatic carboxylic acids is 2. The van der Waals surface area contributed by atoms with Gasteiger partial charge in [-0.05, 0) is 30.2 Å². The number of rotatable bonds is 9. The lowest BCUT2D eigenvalue weighted by Gasteiger charge is -2.18. The van der Waals surface area contributed by atoms with Crippen LogP contribution in [0.5, 0.6) is 23.0 Å². The Morgan fingerprint density at radius 3 is 2.30 bits per heavy atom. The molecule has 37 heavy (non-hydrogen) atoms. The molecular weight excluding hydrogens is 510 g/mol. The quantitative estimate of drug-likeness (QED) is 0.234. The van der Waals surface area contributed by atoms with Crippen molar-refractivity contribution in [2.75, 3.05) is 32.5 Å². The number of H-pyrrole nitrogens is 2. The number of anilines is 1. The fourth-order valence-electron chi connectivity index (χ4n) is 4.30. The summed E-state index contributed by atoms with van der Waals surface area (Å²) in [5.41, 5.74) is -0.998. The Morgan fingerprint density at radius 2 is 1.73 bits per heavy atom. The summed E-state index contributed by atoms with van der Waals surface area (Å²) in [6.45, 7) is 0. The molecule has 4 aromatic rings. The number of amides is 1. The first-order valence-electron chi connectivity index (χ1n) is 10.7. The van der Waals surface area contributed by atoms with Crippen molar-refractivity contribution >= 4 is 56.9 Å². The molecule has 0 aliphatic rings. The third kappa shape index (κ3) is 4.20. The average molecular weight is 530 g/mol. The van der Waals surface area contributed by atoms with E-state index in [1.165, 1.54) is 27.4 Å². The molecule has 0 saturated carbocycles. The van der Waals surface area contributed by atoms with Crippen molar-refractivity contribution in [3.05, 3.63) is 40.7 Å². The van der Waals surface area contributed by atoms with E-state index < -0.39 is 34.9 Å². The van der Waals surface area contributed by atoms with Crippen LogP contribution in [0.15, 0.2) is 18.2 Å². The number of halogens is 1. The van der Waals surface area contributed by atoms with Crippen LogP contribution in [0.2, 0.25) is 0 Å². The van der Waals surface area contributed by atoms with Crippen molar-refractivity contribution in [2.24, 2.45) is 0 Å². The van der Waals surface area contributed by atoms with Crippen LogP contribution in [0.25, 0.3) is 21.8 Å². The van der Waals surface area contributed by atoms with E-state index in [1.54, 1.807) is 6.07 Å². The van der Waals surface area contributed by atoms with Crippen LogP contribution in [-0.2, 0) is 6.42 Å². The number of carbonyl (C=O) groups is 3. The predicted molar refractivity (Wildman–Crippen MR) is 129 cm³/mol. The summed E-state index contributed by atoms with van der Waals surface area (Å²) in [5, 5.41) is 37.0. The van der Waals surface area contributed by atoms with Crippen molar-refractivity contribution in [3.8, 4) is 23.0 Å². The zero-order valence-electron chi connectivity index (χ0n) is 19.7. The maximum atomic E-state index is 13.2. The first-order chi connectivity index (χ1) is 17.7. The van der Waals surface area contributed by atoms with Crippen molar-refractivity contribution in [3.63, 3.8) is 0 Å². The van der Waals surface area contributed by atoms with E-state index in [0.717, 1.165) is 6.07 Å². The summed E-state index contributed by atoms with van der Waals surface area (Å²) < 4.78 is 16.1. The molecule has 194 valence electrons. The van der Waals surface area contributed by atoms with Crippen LogP contribution in [-0.4, -0.2) is 60.1 Å². The topological polar surface area (TPSA) is 189 Å². The number of nitrogens with one attached hydrogen (secondary N) is 3. The SMILES string of the molecule is COc1cc2cc(C(=O)Nc3cc([O-])c4[nH]c(C(=O)O)c(C(=O)[O-])c4c3CCCl)[nH]c2c(OC)c1OC. The van der Waals surface area contributed by atoms with Gasteiger partial charge in [0.15, 0.2) is 11.5 Å². The zero-order valence-corrected chi connectivity index (χ0v) is 20.5. The Morgan fingerprint density at radius 1 is 1.03 bits per heavy atom. The van der Waals surface area contributed by atoms with Gasteiger partial charge in [-0.3, -0.25) is 4.79 Å². The van der Waals surface area contributed by atoms with Crippen LogP contribution >= 0.6 is 11.6 Å². The number of methoxy groups -OCH3 is 3. The lowest BCUT2D eigenvalue weighted by molar-refractivity contribution is -0.266.